The molecular weight excluding hydrogens is 344 g/mol. The highest BCUT2D eigenvalue weighted by Crippen LogP contribution is 2.19. The molecule has 0 unspecified atom stereocenters. The molecule has 1 heterocycles. The molecule has 0 spiro atoms. The summed E-state index contributed by atoms with van der Waals surface area (Å²) in [6.07, 6.45) is 5.63. The fourth-order valence-corrected chi connectivity index (χ4v) is 3.04. The first kappa shape index (κ1) is 18.6. The number of hydrogen-bond donors (Lipinski definition) is 4. The maximum absolute atomic E-state index is 12.0. The van der Waals surface area contributed by atoms with Crippen molar-refractivity contribution in [1.82, 2.24) is 15.5 Å². The van der Waals surface area contributed by atoms with Gasteiger partial charge in [0.2, 0.25) is 5.91 Å². The molecular formula is C19H24N6O2. The van der Waals surface area contributed by atoms with E-state index in [0.29, 0.717) is 11.6 Å². The van der Waals surface area contributed by atoms with Gasteiger partial charge in [0.15, 0.2) is 11.6 Å². The molecule has 1 aliphatic rings. The van der Waals surface area contributed by atoms with Crippen LogP contribution in [0.1, 0.15) is 39.0 Å². The molecule has 3 amide bonds. The molecule has 0 aliphatic heterocycles. The number of urea groups is 1. The summed E-state index contributed by atoms with van der Waals surface area (Å²) in [7, 11) is 0. The average Bonchev–Trinajstić information content (AvgIpc) is 2.65. The Hall–Kier alpha value is -3.16. The number of benzene rings is 1. The number of carbonyl (C=O) groups excluding carboxylic acids is 2. The Morgan fingerprint density at radius 3 is 2.11 bits per heavy atom. The highest BCUT2D eigenvalue weighted by molar-refractivity contribution is 5.89. The van der Waals surface area contributed by atoms with Gasteiger partial charge in [-0.3, -0.25) is 10.1 Å². The van der Waals surface area contributed by atoms with Gasteiger partial charge in [-0.15, -0.1) is 10.2 Å². The number of rotatable bonds is 5. The molecule has 0 atom stereocenters. The molecule has 2 aromatic rings. The van der Waals surface area contributed by atoms with Crippen LogP contribution >= 0.6 is 0 Å². The molecule has 1 fully saturated rings. The van der Waals surface area contributed by atoms with Crippen molar-refractivity contribution in [3.05, 3.63) is 36.4 Å². The maximum Gasteiger partial charge on any atom is 0.320 e. The van der Waals surface area contributed by atoms with Gasteiger partial charge in [0.25, 0.3) is 0 Å². The first-order valence-corrected chi connectivity index (χ1v) is 9.14. The van der Waals surface area contributed by atoms with Gasteiger partial charge in [-0.25, -0.2) is 4.79 Å². The van der Waals surface area contributed by atoms with Crippen LogP contribution in [0.4, 0.5) is 27.8 Å². The third kappa shape index (κ3) is 5.95. The zero-order valence-corrected chi connectivity index (χ0v) is 15.3. The summed E-state index contributed by atoms with van der Waals surface area (Å²) < 4.78 is 0. The number of carbonyl (C=O) groups is 2. The van der Waals surface area contributed by atoms with E-state index in [1.165, 1.54) is 13.3 Å². The van der Waals surface area contributed by atoms with E-state index in [0.717, 1.165) is 37.1 Å². The van der Waals surface area contributed by atoms with Crippen LogP contribution in [0.25, 0.3) is 0 Å². The lowest BCUT2D eigenvalue weighted by molar-refractivity contribution is -0.114. The monoisotopic (exact) mass is 368 g/mol. The maximum atomic E-state index is 12.0. The first-order chi connectivity index (χ1) is 13.1. The van der Waals surface area contributed by atoms with Crippen molar-refractivity contribution in [2.24, 2.45) is 0 Å². The minimum atomic E-state index is -0.245. The summed E-state index contributed by atoms with van der Waals surface area (Å²) >= 11 is 0. The van der Waals surface area contributed by atoms with Crippen LogP contribution in [0.2, 0.25) is 0 Å². The molecule has 1 aliphatic carbocycles. The Morgan fingerprint density at radius 2 is 1.48 bits per heavy atom. The Bertz CT molecular complexity index is 770. The van der Waals surface area contributed by atoms with Crippen molar-refractivity contribution in [3.8, 4) is 0 Å². The number of amides is 3. The van der Waals surface area contributed by atoms with Crippen molar-refractivity contribution in [2.75, 3.05) is 16.0 Å². The third-order valence-corrected chi connectivity index (χ3v) is 4.32. The van der Waals surface area contributed by atoms with E-state index in [4.69, 9.17) is 0 Å². The van der Waals surface area contributed by atoms with E-state index in [9.17, 15) is 9.59 Å². The number of nitrogens with one attached hydrogen (secondary N) is 4. The number of nitrogens with zero attached hydrogens (tertiary/aromatic N) is 2. The van der Waals surface area contributed by atoms with E-state index >= 15 is 0 Å². The molecule has 0 saturated heterocycles. The van der Waals surface area contributed by atoms with Crippen LogP contribution in [0.5, 0.6) is 0 Å². The van der Waals surface area contributed by atoms with Crippen molar-refractivity contribution in [1.29, 1.82) is 0 Å². The molecule has 8 heteroatoms. The van der Waals surface area contributed by atoms with E-state index in [-0.39, 0.29) is 18.0 Å². The number of hydrogen-bond acceptors (Lipinski definition) is 5. The van der Waals surface area contributed by atoms with Crippen LogP contribution in [0.15, 0.2) is 36.4 Å². The van der Waals surface area contributed by atoms with E-state index in [1.54, 1.807) is 24.3 Å². The second-order valence-electron chi connectivity index (χ2n) is 6.62. The first-order valence-electron chi connectivity index (χ1n) is 9.14. The van der Waals surface area contributed by atoms with Crippen molar-refractivity contribution >= 4 is 34.9 Å². The molecule has 1 saturated carbocycles. The quantitative estimate of drug-likeness (QED) is 0.644. The molecule has 27 heavy (non-hydrogen) atoms. The van der Waals surface area contributed by atoms with Gasteiger partial charge in [0.1, 0.15) is 0 Å². The molecule has 4 N–H and O–H groups in total. The van der Waals surface area contributed by atoms with E-state index in [2.05, 4.69) is 31.5 Å². The van der Waals surface area contributed by atoms with E-state index in [1.807, 2.05) is 12.1 Å². The van der Waals surface area contributed by atoms with Gasteiger partial charge < -0.3 is 16.0 Å². The lowest BCUT2D eigenvalue weighted by Crippen LogP contribution is -2.39. The van der Waals surface area contributed by atoms with Crippen molar-refractivity contribution < 1.29 is 9.59 Å². The normalized spacial score (nSPS) is 14.3. The average molecular weight is 368 g/mol. The summed E-state index contributed by atoms with van der Waals surface area (Å²) in [4.78, 5) is 23.1. The van der Waals surface area contributed by atoms with Gasteiger partial charge in [-0.2, -0.15) is 0 Å². The molecule has 142 valence electrons. The fraction of sp³-hybridized carbons (Fsp3) is 0.368. The van der Waals surface area contributed by atoms with Gasteiger partial charge in [-0.05, 0) is 49.2 Å². The summed E-state index contributed by atoms with van der Waals surface area (Å²) in [5.41, 5.74) is 1.54. The molecule has 8 nitrogen and oxygen atoms in total. The van der Waals surface area contributed by atoms with Crippen LogP contribution in [0, 0.1) is 0 Å². The predicted molar refractivity (Wildman–Crippen MR) is 105 cm³/mol. The Morgan fingerprint density at radius 1 is 0.852 bits per heavy atom. The van der Waals surface area contributed by atoms with Crippen LogP contribution in [-0.4, -0.2) is 28.2 Å². The SMILES string of the molecule is CC(=O)Nc1ccc(Nc2ccc(NC(=O)NC3CCCCC3)nn2)cc1. The second kappa shape index (κ2) is 8.98. The highest BCUT2D eigenvalue weighted by atomic mass is 16.2. The van der Waals surface area contributed by atoms with Crippen molar-refractivity contribution in [3.63, 3.8) is 0 Å². The van der Waals surface area contributed by atoms with Crippen LogP contribution < -0.4 is 21.3 Å². The molecule has 0 bridgehead atoms. The lowest BCUT2D eigenvalue weighted by Gasteiger charge is -2.22. The largest absolute Gasteiger partial charge is 0.339 e. The molecule has 1 aromatic carbocycles. The predicted octanol–water partition coefficient (Wildman–Crippen LogP) is 3.63. The summed E-state index contributed by atoms with van der Waals surface area (Å²) in [6.45, 7) is 1.47. The Kier molecular flexibility index (Phi) is 6.19. The highest BCUT2D eigenvalue weighted by Gasteiger charge is 2.15. The minimum Gasteiger partial charge on any atom is -0.339 e. The molecule has 3 rings (SSSR count). The smallest absolute Gasteiger partial charge is 0.320 e. The Labute approximate surface area is 158 Å². The van der Waals surface area contributed by atoms with Crippen LogP contribution in [-0.2, 0) is 4.79 Å². The summed E-state index contributed by atoms with van der Waals surface area (Å²) in [5, 5.41) is 19.6. The second-order valence-corrected chi connectivity index (χ2v) is 6.62. The Balaban J connectivity index is 1.50. The number of anilines is 4. The third-order valence-electron chi connectivity index (χ3n) is 4.32. The standard InChI is InChI=1S/C19H24N6O2/c1-13(26)20-15-7-9-16(10-8-15)21-17-11-12-18(25-24-17)23-19(27)22-14-5-3-2-4-6-14/h7-12,14H,2-6H2,1H3,(H,20,26)(H,21,24)(H2,22,23,25,27). The molecule has 1 aromatic heterocycles. The molecule has 0 radical (unpaired) electrons. The summed E-state index contributed by atoms with van der Waals surface area (Å²) in [6, 6.07) is 10.7. The zero-order chi connectivity index (χ0) is 19.1. The van der Waals surface area contributed by atoms with Crippen LogP contribution in [0.3, 0.4) is 0 Å². The lowest BCUT2D eigenvalue weighted by atomic mass is 9.96. The van der Waals surface area contributed by atoms with E-state index < -0.39 is 0 Å². The minimum absolute atomic E-state index is 0.114. The van der Waals surface area contributed by atoms with Gasteiger partial charge >= 0.3 is 6.03 Å². The summed E-state index contributed by atoms with van der Waals surface area (Å²) in [5.74, 6) is 0.840. The van der Waals surface area contributed by atoms with Gasteiger partial charge in [0.05, 0.1) is 0 Å². The topological polar surface area (TPSA) is 108 Å². The van der Waals surface area contributed by atoms with Gasteiger partial charge in [-0.1, -0.05) is 19.3 Å². The zero-order valence-electron chi connectivity index (χ0n) is 15.3. The fourth-order valence-electron chi connectivity index (χ4n) is 3.04. The van der Waals surface area contributed by atoms with Gasteiger partial charge in [0, 0.05) is 24.3 Å². The van der Waals surface area contributed by atoms with Crippen molar-refractivity contribution in [2.45, 2.75) is 45.1 Å². The number of aromatic nitrogens is 2.